The molecule has 1 amide bonds. The Bertz CT molecular complexity index is 1060. The van der Waals surface area contributed by atoms with E-state index in [1.807, 2.05) is 61.5 Å². The van der Waals surface area contributed by atoms with E-state index in [0.29, 0.717) is 24.8 Å². The van der Waals surface area contributed by atoms with Crippen LogP contribution in [0.25, 0.3) is 10.9 Å². The van der Waals surface area contributed by atoms with E-state index in [1.54, 1.807) is 0 Å². The van der Waals surface area contributed by atoms with Gasteiger partial charge in [0, 0.05) is 43.4 Å². The number of carbonyl (C=O) groups is 1. The molecule has 3 aromatic rings. The van der Waals surface area contributed by atoms with Crippen LogP contribution in [0.1, 0.15) is 34.5 Å². The van der Waals surface area contributed by atoms with Crippen molar-refractivity contribution in [1.29, 1.82) is 0 Å². The Labute approximate surface area is 189 Å². The second-order valence-electron chi connectivity index (χ2n) is 8.33. The van der Waals surface area contributed by atoms with Crippen molar-refractivity contribution < 1.29 is 14.3 Å². The number of ether oxygens (including phenoxy) is 2. The predicted molar refractivity (Wildman–Crippen MR) is 126 cm³/mol. The SMILES string of the molecule is Cc1cc(C(=O)NCc2cccc(OCCN(C)C3CCOCC3)c2)c2ccccc2n1. The lowest BCUT2D eigenvalue weighted by molar-refractivity contribution is 0.0392. The molecule has 32 heavy (non-hydrogen) atoms. The summed E-state index contributed by atoms with van der Waals surface area (Å²) >= 11 is 0. The number of aryl methyl sites for hydroxylation is 1. The highest BCUT2D eigenvalue weighted by Crippen LogP contribution is 2.19. The van der Waals surface area contributed by atoms with E-state index in [-0.39, 0.29) is 5.91 Å². The van der Waals surface area contributed by atoms with Gasteiger partial charge < -0.3 is 14.8 Å². The fourth-order valence-corrected chi connectivity index (χ4v) is 4.13. The van der Waals surface area contributed by atoms with Gasteiger partial charge in [0.25, 0.3) is 5.91 Å². The van der Waals surface area contributed by atoms with Gasteiger partial charge in [0.15, 0.2) is 0 Å². The third kappa shape index (κ3) is 5.64. The summed E-state index contributed by atoms with van der Waals surface area (Å²) < 4.78 is 11.4. The van der Waals surface area contributed by atoms with Gasteiger partial charge in [-0.2, -0.15) is 0 Å². The first kappa shape index (κ1) is 22.2. The van der Waals surface area contributed by atoms with Crippen molar-refractivity contribution >= 4 is 16.8 Å². The molecule has 1 fully saturated rings. The zero-order chi connectivity index (χ0) is 22.3. The molecule has 0 spiro atoms. The maximum atomic E-state index is 12.9. The average molecular weight is 434 g/mol. The van der Waals surface area contributed by atoms with Crippen molar-refractivity contribution in [1.82, 2.24) is 15.2 Å². The predicted octanol–water partition coefficient (Wildman–Crippen LogP) is 3.96. The molecule has 2 heterocycles. The van der Waals surface area contributed by atoms with Gasteiger partial charge in [-0.05, 0) is 56.6 Å². The number of hydrogen-bond donors (Lipinski definition) is 1. The van der Waals surface area contributed by atoms with Gasteiger partial charge in [-0.15, -0.1) is 0 Å². The largest absolute Gasteiger partial charge is 0.492 e. The molecule has 0 aliphatic carbocycles. The Morgan fingerprint density at radius 3 is 2.81 bits per heavy atom. The lowest BCUT2D eigenvalue weighted by Gasteiger charge is -2.31. The van der Waals surface area contributed by atoms with Gasteiger partial charge in [-0.3, -0.25) is 14.7 Å². The van der Waals surface area contributed by atoms with Crippen molar-refractivity contribution in [3.8, 4) is 5.75 Å². The maximum Gasteiger partial charge on any atom is 0.252 e. The van der Waals surface area contributed by atoms with Crippen LogP contribution in [0.5, 0.6) is 5.75 Å². The molecule has 0 unspecified atom stereocenters. The van der Waals surface area contributed by atoms with E-state index in [4.69, 9.17) is 9.47 Å². The molecule has 0 atom stereocenters. The number of likely N-dealkylation sites (N-methyl/N-ethyl adjacent to an activating group) is 1. The standard InChI is InChI=1S/C26H31N3O3/c1-19-16-24(23-8-3-4-9-25(23)28-19)26(30)27-18-20-6-5-7-22(17-20)32-15-12-29(2)21-10-13-31-14-11-21/h3-9,16-17,21H,10-15,18H2,1-2H3,(H,27,30). The minimum atomic E-state index is -0.101. The van der Waals surface area contributed by atoms with Crippen molar-refractivity contribution in [3.63, 3.8) is 0 Å². The van der Waals surface area contributed by atoms with Crippen LogP contribution in [0, 0.1) is 6.92 Å². The topological polar surface area (TPSA) is 63.7 Å². The van der Waals surface area contributed by atoms with Crippen molar-refractivity contribution in [3.05, 3.63) is 71.4 Å². The number of para-hydroxylation sites is 1. The number of nitrogens with zero attached hydrogens (tertiary/aromatic N) is 2. The third-order valence-corrected chi connectivity index (χ3v) is 5.97. The van der Waals surface area contributed by atoms with Crippen LogP contribution >= 0.6 is 0 Å². The molecular formula is C26H31N3O3. The second kappa shape index (κ2) is 10.6. The number of amides is 1. The summed E-state index contributed by atoms with van der Waals surface area (Å²) in [6, 6.07) is 18.0. The number of carbonyl (C=O) groups excluding carboxylic acids is 1. The number of aromatic nitrogens is 1. The van der Waals surface area contributed by atoms with Gasteiger partial charge in [0.1, 0.15) is 12.4 Å². The van der Waals surface area contributed by atoms with Crippen molar-refractivity contribution in [2.24, 2.45) is 0 Å². The first-order chi connectivity index (χ1) is 15.6. The summed E-state index contributed by atoms with van der Waals surface area (Å²) in [5, 5.41) is 3.90. The van der Waals surface area contributed by atoms with Crippen molar-refractivity contribution in [2.45, 2.75) is 32.4 Å². The molecule has 168 valence electrons. The summed E-state index contributed by atoms with van der Waals surface area (Å²) in [4.78, 5) is 19.7. The van der Waals surface area contributed by atoms with E-state index in [9.17, 15) is 4.79 Å². The smallest absolute Gasteiger partial charge is 0.252 e. The zero-order valence-electron chi connectivity index (χ0n) is 18.8. The minimum Gasteiger partial charge on any atom is -0.492 e. The van der Waals surface area contributed by atoms with Gasteiger partial charge in [-0.25, -0.2) is 0 Å². The van der Waals surface area contributed by atoms with Crippen LogP contribution in [0.4, 0.5) is 0 Å². The lowest BCUT2D eigenvalue weighted by atomic mass is 10.1. The van der Waals surface area contributed by atoms with Gasteiger partial charge in [-0.1, -0.05) is 30.3 Å². The monoisotopic (exact) mass is 433 g/mol. The molecule has 6 heteroatoms. The van der Waals surface area contributed by atoms with Crippen LogP contribution < -0.4 is 10.1 Å². The van der Waals surface area contributed by atoms with Crippen LogP contribution in [0.2, 0.25) is 0 Å². The van der Waals surface area contributed by atoms with E-state index < -0.39 is 0 Å². The summed E-state index contributed by atoms with van der Waals surface area (Å²) in [7, 11) is 2.15. The third-order valence-electron chi connectivity index (χ3n) is 5.97. The number of nitrogens with one attached hydrogen (secondary N) is 1. The van der Waals surface area contributed by atoms with Crippen LogP contribution in [0.15, 0.2) is 54.6 Å². The number of fused-ring (bicyclic) bond motifs is 1. The van der Waals surface area contributed by atoms with Gasteiger partial charge in [0.05, 0.1) is 11.1 Å². The molecular weight excluding hydrogens is 402 g/mol. The van der Waals surface area contributed by atoms with Gasteiger partial charge >= 0.3 is 0 Å². The Morgan fingerprint density at radius 2 is 1.97 bits per heavy atom. The first-order valence-corrected chi connectivity index (χ1v) is 11.2. The number of hydrogen-bond acceptors (Lipinski definition) is 5. The quantitative estimate of drug-likeness (QED) is 0.583. The summed E-state index contributed by atoms with van der Waals surface area (Å²) in [5.41, 5.74) is 3.31. The molecule has 0 radical (unpaired) electrons. The fraction of sp³-hybridized carbons (Fsp3) is 0.385. The van der Waals surface area contributed by atoms with Crippen LogP contribution in [0.3, 0.4) is 0 Å². The Hall–Kier alpha value is -2.96. The molecule has 1 saturated heterocycles. The molecule has 1 N–H and O–H groups in total. The summed E-state index contributed by atoms with van der Waals surface area (Å²) in [5.74, 6) is 0.721. The van der Waals surface area contributed by atoms with E-state index in [2.05, 4.69) is 22.2 Å². The Balaban J connectivity index is 1.32. The number of rotatable bonds is 8. The molecule has 0 bridgehead atoms. The van der Waals surface area contributed by atoms with E-state index >= 15 is 0 Å². The van der Waals surface area contributed by atoms with Gasteiger partial charge in [0.2, 0.25) is 0 Å². The zero-order valence-corrected chi connectivity index (χ0v) is 18.8. The first-order valence-electron chi connectivity index (χ1n) is 11.2. The molecule has 2 aromatic carbocycles. The summed E-state index contributed by atoms with van der Waals surface area (Å²) in [6.45, 7) is 5.54. The fourth-order valence-electron chi connectivity index (χ4n) is 4.13. The molecule has 4 rings (SSSR count). The highest BCUT2D eigenvalue weighted by Gasteiger charge is 2.18. The molecule has 1 aliphatic heterocycles. The Kier molecular flexibility index (Phi) is 7.35. The minimum absolute atomic E-state index is 0.101. The molecule has 1 aromatic heterocycles. The molecule has 0 saturated carbocycles. The maximum absolute atomic E-state index is 12.9. The van der Waals surface area contributed by atoms with Crippen molar-refractivity contribution in [2.75, 3.05) is 33.4 Å². The highest BCUT2D eigenvalue weighted by atomic mass is 16.5. The summed E-state index contributed by atoms with van der Waals surface area (Å²) in [6.07, 6.45) is 2.16. The molecule has 6 nitrogen and oxygen atoms in total. The number of pyridine rings is 1. The average Bonchev–Trinajstić information content (AvgIpc) is 2.82. The van der Waals surface area contributed by atoms with E-state index in [0.717, 1.165) is 60.5 Å². The van der Waals surface area contributed by atoms with Crippen LogP contribution in [-0.4, -0.2) is 55.2 Å². The number of benzene rings is 2. The normalized spacial score (nSPS) is 14.6. The van der Waals surface area contributed by atoms with Crippen LogP contribution in [-0.2, 0) is 11.3 Å². The van der Waals surface area contributed by atoms with E-state index in [1.165, 1.54) is 0 Å². The second-order valence-corrected chi connectivity index (χ2v) is 8.33. The highest BCUT2D eigenvalue weighted by molar-refractivity contribution is 6.06. The lowest BCUT2D eigenvalue weighted by Crippen LogP contribution is -2.38. The molecule has 1 aliphatic rings. The Morgan fingerprint density at radius 1 is 1.16 bits per heavy atom.